The van der Waals surface area contributed by atoms with Crippen LogP contribution in [0.4, 0.5) is 8.78 Å². The Morgan fingerprint density at radius 2 is 1.73 bits per heavy atom. The quantitative estimate of drug-likeness (QED) is 0.236. The van der Waals surface area contributed by atoms with E-state index in [0.29, 0.717) is 27.5 Å². The molecule has 0 radical (unpaired) electrons. The van der Waals surface area contributed by atoms with E-state index in [1.54, 1.807) is 16.8 Å². The summed E-state index contributed by atoms with van der Waals surface area (Å²) in [7, 11) is -4.09. The molecule has 0 atom stereocenters. The smallest absolute Gasteiger partial charge is 0.355 e. The van der Waals surface area contributed by atoms with Crippen LogP contribution in [0.3, 0.4) is 0 Å². The summed E-state index contributed by atoms with van der Waals surface area (Å²) in [6.45, 7) is 0. The second-order valence-electron chi connectivity index (χ2n) is 9.79. The van der Waals surface area contributed by atoms with Crippen LogP contribution in [0, 0.1) is 11.6 Å². The highest BCUT2D eigenvalue weighted by atomic mass is 32.2. The van der Waals surface area contributed by atoms with E-state index in [1.807, 2.05) is 24.3 Å². The van der Waals surface area contributed by atoms with Gasteiger partial charge in [0.2, 0.25) is 15.2 Å². The van der Waals surface area contributed by atoms with Crippen LogP contribution in [0.15, 0.2) is 77.0 Å². The number of carboxylic acids is 1. The van der Waals surface area contributed by atoms with Gasteiger partial charge in [0.15, 0.2) is 5.69 Å². The number of hydrogen-bond donors (Lipinski definition) is 2. The topological polar surface area (TPSA) is 128 Å². The monoisotopic (exact) mass is 592 g/mol. The van der Waals surface area contributed by atoms with E-state index < -0.39 is 21.8 Å². The lowest BCUT2D eigenvalue weighted by molar-refractivity contribution is 0.0691. The minimum Gasteiger partial charge on any atom is -0.476 e. The van der Waals surface area contributed by atoms with Crippen LogP contribution in [0.1, 0.15) is 46.1 Å². The van der Waals surface area contributed by atoms with E-state index in [9.17, 15) is 22.7 Å². The van der Waals surface area contributed by atoms with Crippen molar-refractivity contribution in [2.45, 2.75) is 30.1 Å². The molecule has 0 unspecified atom stereocenters. The number of nitrogens with zero attached hydrogens (tertiary/aromatic N) is 3. The molecule has 1 aliphatic carbocycles. The Hall–Kier alpha value is -4.26. The molecule has 2 heterocycles. The van der Waals surface area contributed by atoms with Crippen LogP contribution >= 0.6 is 11.3 Å². The second-order valence-corrected chi connectivity index (χ2v) is 12.2. The third-order valence-electron chi connectivity index (χ3n) is 6.89. The third-order valence-corrected chi connectivity index (χ3v) is 8.62. The summed E-state index contributed by atoms with van der Waals surface area (Å²) in [4.78, 5) is 15.5. The molecule has 2 aromatic heterocycles. The average Bonchev–Trinajstić information content (AvgIpc) is 3.51. The Kier molecular flexibility index (Phi) is 6.76. The maximum atomic E-state index is 15.2. The largest absolute Gasteiger partial charge is 0.476 e. The summed E-state index contributed by atoms with van der Waals surface area (Å²) < 4.78 is 54.3. The lowest BCUT2D eigenvalue weighted by atomic mass is 9.95. The molecule has 8 nitrogen and oxygen atoms in total. The summed E-state index contributed by atoms with van der Waals surface area (Å²) in [5, 5.41) is 21.3. The molecule has 0 aliphatic heterocycles. The van der Waals surface area contributed by atoms with Gasteiger partial charge in [-0.05, 0) is 59.9 Å². The molecule has 3 aromatic carbocycles. The maximum Gasteiger partial charge on any atom is 0.355 e. The van der Waals surface area contributed by atoms with Crippen molar-refractivity contribution in [3.8, 4) is 27.5 Å². The van der Waals surface area contributed by atoms with E-state index in [0.717, 1.165) is 41.5 Å². The number of aromatic carboxylic acids is 1. The Labute approximate surface area is 237 Å². The highest BCUT2D eigenvalue weighted by Gasteiger charge is 2.34. The fourth-order valence-electron chi connectivity index (χ4n) is 4.80. The molecule has 3 N–H and O–H groups in total. The van der Waals surface area contributed by atoms with Crippen molar-refractivity contribution in [1.82, 2.24) is 14.8 Å². The van der Waals surface area contributed by atoms with E-state index in [2.05, 4.69) is 4.98 Å². The van der Waals surface area contributed by atoms with Crippen molar-refractivity contribution in [1.29, 1.82) is 0 Å². The normalized spacial score (nSPS) is 13.4. The fourth-order valence-corrected chi connectivity index (χ4v) is 6.09. The van der Waals surface area contributed by atoms with E-state index >= 15 is 4.39 Å². The van der Waals surface area contributed by atoms with Crippen molar-refractivity contribution in [3.63, 3.8) is 0 Å². The fraction of sp³-hybridized carbons (Fsp3) is 0.138. The van der Waals surface area contributed by atoms with Crippen LogP contribution in [0.2, 0.25) is 0 Å². The minimum atomic E-state index is -4.09. The first kappa shape index (κ1) is 26.9. The first-order valence-corrected chi connectivity index (χ1v) is 15.0. The highest BCUT2D eigenvalue weighted by Crippen LogP contribution is 2.46. The highest BCUT2D eigenvalue weighted by molar-refractivity contribution is 7.89. The van der Waals surface area contributed by atoms with Gasteiger partial charge in [-0.1, -0.05) is 36.4 Å². The lowest BCUT2D eigenvalue weighted by Crippen LogP contribution is -2.12. The van der Waals surface area contributed by atoms with Gasteiger partial charge in [0.25, 0.3) is 0 Å². The Balaban J connectivity index is 1.53. The van der Waals surface area contributed by atoms with Gasteiger partial charge in [0.1, 0.15) is 11.6 Å². The van der Waals surface area contributed by atoms with Crippen LogP contribution in [0.25, 0.3) is 27.5 Å². The van der Waals surface area contributed by atoms with E-state index in [1.165, 1.54) is 29.6 Å². The molecule has 12 heteroatoms. The summed E-state index contributed by atoms with van der Waals surface area (Å²) >= 11 is 1.14. The Morgan fingerprint density at radius 1 is 1.02 bits per heavy atom. The number of rotatable bonds is 8. The number of carbonyl (C=O) groups is 1. The average molecular weight is 593 g/mol. The van der Waals surface area contributed by atoms with Gasteiger partial charge in [-0.3, -0.25) is 0 Å². The number of thiazole rings is 1. The number of nitrogens with two attached hydrogens (primary N) is 1. The number of carboxylic acid groups (broad SMARTS) is 1. The number of halogens is 2. The summed E-state index contributed by atoms with van der Waals surface area (Å²) in [6, 6.07) is 17.2. The number of hydrogen-bond acceptors (Lipinski definition) is 6. The van der Waals surface area contributed by atoms with Crippen molar-refractivity contribution in [2.24, 2.45) is 5.14 Å². The molecule has 0 saturated heterocycles. The summed E-state index contributed by atoms with van der Waals surface area (Å²) in [5.74, 6) is -2.16. The number of benzene rings is 3. The first-order chi connectivity index (χ1) is 19.6. The summed E-state index contributed by atoms with van der Waals surface area (Å²) in [5.41, 5.74) is 4.28. The van der Waals surface area contributed by atoms with Crippen LogP contribution in [-0.2, 0) is 16.4 Å². The zero-order valence-corrected chi connectivity index (χ0v) is 22.9. The molecule has 0 amide bonds. The van der Waals surface area contributed by atoms with Crippen LogP contribution < -0.4 is 5.14 Å². The van der Waals surface area contributed by atoms with Crippen molar-refractivity contribution < 1.29 is 27.1 Å². The van der Waals surface area contributed by atoms with Crippen LogP contribution in [0.5, 0.6) is 0 Å². The Morgan fingerprint density at radius 3 is 2.37 bits per heavy atom. The molecule has 0 spiro atoms. The van der Waals surface area contributed by atoms with Gasteiger partial charge < -0.3 is 5.11 Å². The number of aromatic nitrogens is 3. The van der Waals surface area contributed by atoms with Gasteiger partial charge in [-0.15, -0.1) is 11.3 Å². The van der Waals surface area contributed by atoms with Crippen molar-refractivity contribution >= 4 is 27.3 Å². The van der Waals surface area contributed by atoms with Crippen molar-refractivity contribution in [3.05, 3.63) is 106 Å². The molecule has 1 saturated carbocycles. The molecule has 0 bridgehead atoms. The molecule has 6 rings (SSSR count). The molecular formula is C29H22F2N4O4S2. The summed E-state index contributed by atoms with van der Waals surface area (Å²) in [6.07, 6.45) is 1.82. The molecule has 1 fully saturated rings. The maximum absolute atomic E-state index is 15.2. The zero-order chi connectivity index (χ0) is 28.9. The van der Waals surface area contributed by atoms with Crippen LogP contribution in [-0.4, -0.2) is 34.3 Å². The number of sulfonamides is 1. The van der Waals surface area contributed by atoms with Gasteiger partial charge in [0.05, 0.1) is 16.3 Å². The molecule has 208 valence electrons. The molecule has 5 aromatic rings. The van der Waals surface area contributed by atoms with Crippen molar-refractivity contribution in [2.75, 3.05) is 0 Å². The van der Waals surface area contributed by atoms with E-state index in [4.69, 9.17) is 10.2 Å². The number of primary sulfonamides is 1. The third kappa shape index (κ3) is 5.41. The Bertz CT molecular complexity index is 1930. The van der Waals surface area contributed by atoms with Gasteiger partial charge in [-0.25, -0.2) is 36.8 Å². The van der Waals surface area contributed by atoms with E-state index in [-0.39, 0.29) is 34.3 Å². The molecule has 1 aliphatic rings. The molecular weight excluding hydrogens is 570 g/mol. The van der Waals surface area contributed by atoms with Gasteiger partial charge in [0, 0.05) is 28.8 Å². The van der Waals surface area contributed by atoms with Gasteiger partial charge in [-0.2, -0.15) is 5.10 Å². The zero-order valence-electron chi connectivity index (χ0n) is 21.3. The van der Waals surface area contributed by atoms with Gasteiger partial charge >= 0.3 is 5.97 Å². The standard InChI is InChI=1S/C29H22F2N4O4S2/c30-21-6-2-4-18(12-21)17-3-1-5-20(11-17)26-23(13-19-9-10-22(14-24(19)31)41(32,38)39)27(16-7-8-16)35(34-26)29-33-25(15-40-29)28(36)37/h1-6,9-12,14-16H,7-8,13H2,(H,36,37)(H2,32,38,39). The predicted molar refractivity (Wildman–Crippen MR) is 150 cm³/mol. The lowest BCUT2D eigenvalue weighted by Gasteiger charge is -2.10. The predicted octanol–water partition coefficient (Wildman–Crippen LogP) is 5.75. The molecule has 41 heavy (non-hydrogen) atoms. The first-order valence-electron chi connectivity index (χ1n) is 12.6. The SMILES string of the molecule is NS(=O)(=O)c1ccc(Cc2c(-c3cccc(-c4cccc(F)c4)c3)nn(-c3nc(C(=O)O)cs3)c2C2CC2)c(F)c1. The minimum absolute atomic E-state index is 0.0826. The second kappa shape index (κ2) is 10.3.